The van der Waals surface area contributed by atoms with Crippen LogP contribution in [0.1, 0.15) is 27.7 Å². The fourth-order valence-corrected chi connectivity index (χ4v) is 1.77. The quantitative estimate of drug-likeness (QED) is 0.440. The molecule has 1 unspecified atom stereocenters. The van der Waals surface area contributed by atoms with Gasteiger partial charge in [0.05, 0.1) is 12.8 Å². The van der Waals surface area contributed by atoms with E-state index >= 15 is 0 Å². The first-order valence-electron chi connectivity index (χ1n) is 5.79. The number of aliphatic imine (C=N–C) groups is 1. The Labute approximate surface area is 98.4 Å². The highest BCUT2D eigenvalue weighted by Crippen LogP contribution is 2.08. The number of nitrogens with one attached hydrogen (secondary N) is 1. The fraction of sp³-hybridized carbons (Fsp3) is 0.750. The Morgan fingerprint density at radius 2 is 2.06 bits per heavy atom. The molecule has 1 aliphatic heterocycles. The first-order valence-corrected chi connectivity index (χ1v) is 5.79. The van der Waals surface area contributed by atoms with E-state index in [2.05, 4.69) is 29.1 Å². The number of piperazine rings is 1. The number of hydrogen-bond donors (Lipinski definition) is 1. The van der Waals surface area contributed by atoms with Gasteiger partial charge in [-0.2, -0.15) is 0 Å². The summed E-state index contributed by atoms with van der Waals surface area (Å²) < 4.78 is 5.16. The molecule has 1 saturated heterocycles. The van der Waals surface area contributed by atoms with Crippen LogP contribution >= 0.6 is 0 Å². The number of ether oxygens (including phenoxy) is 1. The molecule has 4 heteroatoms. The molecule has 0 aromatic rings. The molecule has 1 rings (SSSR count). The summed E-state index contributed by atoms with van der Waals surface area (Å²) in [6.07, 6.45) is 0. The molecule has 0 amide bonds. The van der Waals surface area contributed by atoms with Crippen molar-refractivity contribution in [2.45, 2.75) is 33.7 Å². The van der Waals surface area contributed by atoms with Crippen LogP contribution in [0.4, 0.5) is 0 Å². The zero-order valence-corrected chi connectivity index (χ0v) is 11.0. The van der Waals surface area contributed by atoms with Crippen molar-refractivity contribution in [2.75, 3.05) is 26.7 Å². The highest BCUT2D eigenvalue weighted by atomic mass is 16.5. The van der Waals surface area contributed by atoms with Crippen molar-refractivity contribution in [2.24, 2.45) is 4.99 Å². The van der Waals surface area contributed by atoms with Crippen LogP contribution in [0.25, 0.3) is 0 Å². The van der Waals surface area contributed by atoms with Gasteiger partial charge in [-0.1, -0.05) is 0 Å². The molecule has 0 aliphatic carbocycles. The van der Waals surface area contributed by atoms with Gasteiger partial charge in [0.1, 0.15) is 11.6 Å². The van der Waals surface area contributed by atoms with Crippen LogP contribution in [-0.4, -0.2) is 43.5 Å². The molecule has 4 nitrogen and oxygen atoms in total. The molecule has 1 fully saturated rings. The van der Waals surface area contributed by atoms with Crippen LogP contribution in [0.5, 0.6) is 0 Å². The molecular weight excluding hydrogens is 202 g/mol. The summed E-state index contributed by atoms with van der Waals surface area (Å²) in [4.78, 5) is 6.89. The van der Waals surface area contributed by atoms with Crippen LogP contribution in [0, 0.1) is 0 Å². The number of nitrogens with zero attached hydrogens (tertiary/aromatic N) is 2. The maximum absolute atomic E-state index is 5.16. The molecule has 1 aliphatic rings. The summed E-state index contributed by atoms with van der Waals surface area (Å²) >= 11 is 0. The maximum Gasteiger partial charge on any atom is 0.114 e. The SMILES string of the molecule is CO/C(C)=C(\C)N=C(C)N1CCNC(C)C1. The third kappa shape index (κ3) is 3.52. The highest BCUT2D eigenvalue weighted by molar-refractivity contribution is 5.80. The lowest BCUT2D eigenvalue weighted by atomic mass is 10.2. The van der Waals surface area contributed by atoms with Crippen molar-refractivity contribution in [3.63, 3.8) is 0 Å². The number of amidine groups is 1. The van der Waals surface area contributed by atoms with Crippen molar-refractivity contribution in [1.29, 1.82) is 0 Å². The molecule has 1 heterocycles. The minimum atomic E-state index is 0.534. The Balaban J connectivity index is 2.69. The van der Waals surface area contributed by atoms with E-state index in [9.17, 15) is 0 Å². The molecule has 0 aromatic carbocycles. The fourth-order valence-electron chi connectivity index (χ4n) is 1.77. The van der Waals surface area contributed by atoms with E-state index in [1.54, 1.807) is 7.11 Å². The Morgan fingerprint density at radius 1 is 1.38 bits per heavy atom. The van der Waals surface area contributed by atoms with Crippen LogP contribution in [0.3, 0.4) is 0 Å². The normalized spacial score (nSPS) is 24.2. The standard InChI is InChI=1S/C12H23N3O/c1-9-8-15(7-6-13-9)12(4)14-10(2)11(3)16-5/h9,13H,6-8H2,1-5H3/b11-10+,14-12?. The molecule has 1 atom stereocenters. The van der Waals surface area contributed by atoms with Gasteiger partial charge in [0.15, 0.2) is 0 Å². The van der Waals surface area contributed by atoms with Gasteiger partial charge in [0, 0.05) is 25.7 Å². The summed E-state index contributed by atoms with van der Waals surface area (Å²) in [6, 6.07) is 0.534. The van der Waals surface area contributed by atoms with Crippen molar-refractivity contribution in [3.05, 3.63) is 11.5 Å². The Morgan fingerprint density at radius 3 is 2.62 bits per heavy atom. The predicted octanol–water partition coefficient (Wildman–Crippen LogP) is 1.60. The second-order valence-electron chi connectivity index (χ2n) is 4.31. The van der Waals surface area contributed by atoms with Gasteiger partial charge >= 0.3 is 0 Å². The van der Waals surface area contributed by atoms with E-state index in [-0.39, 0.29) is 0 Å². The van der Waals surface area contributed by atoms with Crippen LogP contribution in [0.2, 0.25) is 0 Å². The number of methoxy groups -OCH3 is 1. The van der Waals surface area contributed by atoms with E-state index in [1.807, 2.05) is 13.8 Å². The van der Waals surface area contributed by atoms with Gasteiger partial charge in [-0.15, -0.1) is 0 Å². The predicted molar refractivity (Wildman–Crippen MR) is 67.5 cm³/mol. The van der Waals surface area contributed by atoms with Crippen LogP contribution in [0.15, 0.2) is 16.4 Å². The Bertz CT molecular complexity index is 297. The van der Waals surface area contributed by atoms with Gasteiger partial charge < -0.3 is 15.0 Å². The number of allylic oxidation sites excluding steroid dienone is 2. The van der Waals surface area contributed by atoms with Crippen LogP contribution in [-0.2, 0) is 4.74 Å². The zero-order valence-electron chi connectivity index (χ0n) is 11.0. The van der Waals surface area contributed by atoms with Crippen molar-refractivity contribution < 1.29 is 4.74 Å². The first-order chi connectivity index (χ1) is 7.54. The van der Waals surface area contributed by atoms with Crippen LogP contribution < -0.4 is 5.32 Å². The average molecular weight is 225 g/mol. The molecule has 16 heavy (non-hydrogen) atoms. The van der Waals surface area contributed by atoms with Crippen molar-refractivity contribution in [3.8, 4) is 0 Å². The molecule has 0 bridgehead atoms. The second kappa shape index (κ2) is 5.89. The number of rotatable bonds is 2. The molecular formula is C12H23N3O. The average Bonchev–Trinajstić information content (AvgIpc) is 2.27. The van der Waals surface area contributed by atoms with Gasteiger partial charge in [-0.3, -0.25) is 0 Å². The van der Waals surface area contributed by atoms with E-state index in [0.717, 1.165) is 36.9 Å². The molecule has 92 valence electrons. The summed E-state index contributed by atoms with van der Waals surface area (Å²) in [5, 5.41) is 3.42. The lowest BCUT2D eigenvalue weighted by Crippen LogP contribution is -2.50. The Kier molecular flexibility index (Phi) is 4.80. The van der Waals surface area contributed by atoms with Gasteiger partial charge in [0.2, 0.25) is 0 Å². The summed E-state index contributed by atoms with van der Waals surface area (Å²) in [7, 11) is 1.68. The zero-order chi connectivity index (χ0) is 12.1. The maximum atomic E-state index is 5.16. The molecule has 1 N–H and O–H groups in total. The number of hydrogen-bond acceptors (Lipinski definition) is 3. The highest BCUT2D eigenvalue weighted by Gasteiger charge is 2.16. The van der Waals surface area contributed by atoms with E-state index in [4.69, 9.17) is 4.74 Å². The summed E-state index contributed by atoms with van der Waals surface area (Å²) in [5.41, 5.74) is 0.950. The molecule has 0 saturated carbocycles. The summed E-state index contributed by atoms with van der Waals surface area (Å²) in [6.45, 7) is 11.3. The van der Waals surface area contributed by atoms with Gasteiger partial charge in [0.25, 0.3) is 0 Å². The minimum Gasteiger partial charge on any atom is -0.500 e. The molecule has 0 spiro atoms. The van der Waals surface area contributed by atoms with Gasteiger partial charge in [-0.05, 0) is 27.7 Å². The second-order valence-corrected chi connectivity index (χ2v) is 4.31. The topological polar surface area (TPSA) is 36.9 Å². The lowest BCUT2D eigenvalue weighted by Gasteiger charge is -2.33. The third-order valence-electron chi connectivity index (χ3n) is 2.97. The first kappa shape index (κ1) is 13.0. The monoisotopic (exact) mass is 225 g/mol. The van der Waals surface area contributed by atoms with E-state index in [0.29, 0.717) is 6.04 Å². The summed E-state index contributed by atoms with van der Waals surface area (Å²) in [5.74, 6) is 1.95. The molecule has 0 aromatic heterocycles. The molecule has 0 radical (unpaired) electrons. The third-order valence-corrected chi connectivity index (χ3v) is 2.97. The van der Waals surface area contributed by atoms with Crippen molar-refractivity contribution in [1.82, 2.24) is 10.2 Å². The minimum absolute atomic E-state index is 0.534. The van der Waals surface area contributed by atoms with Crippen molar-refractivity contribution >= 4 is 5.84 Å². The van der Waals surface area contributed by atoms with E-state index in [1.165, 1.54) is 0 Å². The lowest BCUT2D eigenvalue weighted by molar-refractivity contribution is 0.287. The smallest absolute Gasteiger partial charge is 0.114 e. The van der Waals surface area contributed by atoms with Gasteiger partial charge in [-0.25, -0.2) is 4.99 Å². The largest absolute Gasteiger partial charge is 0.500 e. The Hall–Kier alpha value is -1.03. The van der Waals surface area contributed by atoms with E-state index < -0.39 is 0 Å².